The summed E-state index contributed by atoms with van der Waals surface area (Å²) in [4.78, 5) is 16.0. The molecule has 1 aliphatic heterocycles. The Morgan fingerprint density at radius 2 is 2.12 bits per heavy atom. The van der Waals surface area contributed by atoms with Crippen molar-refractivity contribution < 1.29 is 4.79 Å². The first-order valence-corrected chi connectivity index (χ1v) is 6.35. The molecule has 0 bridgehead atoms. The SMILES string of the molecule is CCN(CC)CC1CCN(C(=O)[C@@H](C)N)C1. The van der Waals surface area contributed by atoms with Crippen molar-refractivity contribution >= 4 is 5.91 Å². The van der Waals surface area contributed by atoms with E-state index in [0.29, 0.717) is 5.92 Å². The number of carbonyl (C=O) groups is 1. The summed E-state index contributed by atoms with van der Waals surface area (Å²) >= 11 is 0. The average molecular weight is 227 g/mol. The quantitative estimate of drug-likeness (QED) is 0.745. The second-order valence-electron chi connectivity index (χ2n) is 4.71. The van der Waals surface area contributed by atoms with Crippen LogP contribution in [0.5, 0.6) is 0 Å². The molecular weight excluding hydrogens is 202 g/mol. The van der Waals surface area contributed by atoms with Gasteiger partial charge in [-0.3, -0.25) is 4.79 Å². The highest BCUT2D eigenvalue weighted by Gasteiger charge is 2.28. The van der Waals surface area contributed by atoms with Gasteiger partial charge in [-0.05, 0) is 32.4 Å². The summed E-state index contributed by atoms with van der Waals surface area (Å²) in [7, 11) is 0. The first-order chi connectivity index (χ1) is 7.58. The van der Waals surface area contributed by atoms with Gasteiger partial charge >= 0.3 is 0 Å². The standard InChI is InChI=1S/C12H25N3O/c1-4-14(5-2)8-11-6-7-15(9-11)12(16)10(3)13/h10-11H,4-9,13H2,1-3H3/t10-,11?/m1/s1. The summed E-state index contributed by atoms with van der Waals surface area (Å²) in [6, 6.07) is -0.354. The number of nitrogens with zero attached hydrogens (tertiary/aromatic N) is 2. The minimum absolute atomic E-state index is 0.0991. The van der Waals surface area contributed by atoms with Gasteiger partial charge in [0.2, 0.25) is 5.91 Å². The summed E-state index contributed by atoms with van der Waals surface area (Å²) in [6.45, 7) is 11.2. The molecule has 1 saturated heterocycles. The summed E-state index contributed by atoms with van der Waals surface area (Å²) in [5.41, 5.74) is 5.61. The van der Waals surface area contributed by atoms with Gasteiger partial charge in [0.15, 0.2) is 0 Å². The van der Waals surface area contributed by atoms with Gasteiger partial charge in [-0.1, -0.05) is 13.8 Å². The largest absolute Gasteiger partial charge is 0.341 e. The molecule has 1 unspecified atom stereocenters. The maximum atomic E-state index is 11.7. The molecule has 1 heterocycles. The Morgan fingerprint density at radius 3 is 2.62 bits per heavy atom. The Bertz CT molecular complexity index is 226. The van der Waals surface area contributed by atoms with E-state index in [-0.39, 0.29) is 11.9 Å². The molecule has 16 heavy (non-hydrogen) atoms. The van der Waals surface area contributed by atoms with Gasteiger partial charge in [-0.15, -0.1) is 0 Å². The molecule has 2 N–H and O–H groups in total. The third kappa shape index (κ3) is 3.46. The van der Waals surface area contributed by atoms with Gasteiger partial charge in [-0.25, -0.2) is 0 Å². The van der Waals surface area contributed by atoms with Crippen molar-refractivity contribution in [1.82, 2.24) is 9.80 Å². The van der Waals surface area contributed by atoms with Crippen LogP contribution in [0, 0.1) is 5.92 Å². The average Bonchev–Trinajstić information content (AvgIpc) is 2.73. The van der Waals surface area contributed by atoms with E-state index in [0.717, 1.165) is 39.1 Å². The number of rotatable bonds is 5. The molecule has 4 nitrogen and oxygen atoms in total. The highest BCUT2D eigenvalue weighted by Crippen LogP contribution is 2.17. The predicted octanol–water partition coefficient (Wildman–Crippen LogP) is 0.524. The Morgan fingerprint density at radius 1 is 1.50 bits per heavy atom. The van der Waals surface area contributed by atoms with Gasteiger partial charge in [0, 0.05) is 19.6 Å². The van der Waals surface area contributed by atoms with Crippen LogP contribution in [0.1, 0.15) is 27.2 Å². The van der Waals surface area contributed by atoms with Crippen LogP contribution in [-0.4, -0.2) is 54.5 Å². The Kier molecular flexibility index (Phi) is 5.22. The lowest BCUT2D eigenvalue weighted by Gasteiger charge is -2.23. The highest BCUT2D eigenvalue weighted by atomic mass is 16.2. The zero-order valence-electron chi connectivity index (χ0n) is 10.8. The molecular formula is C12H25N3O. The molecule has 0 saturated carbocycles. The molecule has 1 rings (SSSR count). The normalized spacial score (nSPS) is 22.8. The first-order valence-electron chi connectivity index (χ1n) is 6.35. The van der Waals surface area contributed by atoms with Crippen LogP contribution < -0.4 is 5.73 Å². The van der Waals surface area contributed by atoms with Crippen LogP contribution in [0.15, 0.2) is 0 Å². The Balaban J connectivity index is 2.37. The molecule has 2 atom stereocenters. The number of nitrogens with two attached hydrogens (primary N) is 1. The lowest BCUT2D eigenvalue weighted by Crippen LogP contribution is -2.41. The molecule has 1 fully saturated rings. The fourth-order valence-corrected chi connectivity index (χ4v) is 2.32. The van der Waals surface area contributed by atoms with Crippen LogP contribution in [0.2, 0.25) is 0 Å². The zero-order chi connectivity index (χ0) is 12.1. The third-order valence-corrected chi connectivity index (χ3v) is 3.40. The van der Waals surface area contributed by atoms with Crippen LogP contribution in [-0.2, 0) is 4.79 Å². The van der Waals surface area contributed by atoms with E-state index in [9.17, 15) is 4.79 Å². The first kappa shape index (κ1) is 13.5. The fourth-order valence-electron chi connectivity index (χ4n) is 2.32. The van der Waals surface area contributed by atoms with E-state index >= 15 is 0 Å². The molecule has 0 aromatic heterocycles. The van der Waals surface area contributed by atoms with Gasteiger partial charge < -0.3 is 15.5 Å². The molecule has 0 aliphatic carbocycles. The van der Waals surface area contributed by atoms with Gasteiger partial charge in [0.1, 0.15) is 0 Å². The smallest absolute Gasteiger partial charge is 0.239 e. The number of likely N-dealkylation sites (tertiary alicyclic amines) is 1. The lowest BCUT2D eigenvalue weighted by molar-refractivity contribution is -0.131. The van der Waals surface area contributed by atoms with Crippen molar-refractivity contribution in [1.29, 1.82) is 0 Å². The van der Waals surface area contributed by atoms with E-state index in [4.69, 9.17) is 5.73 Å². The van der Waals surface area contributed by atoms with Crippen molar-refractivity contribution in [3.8, 4) is 0 Å². The number of carbonyl (C=O) groups excluding carboxylic acids is 1. The van der Waals surface area contributed by atoms with Crippen molar-refractivity contribution in [2.75, 3.05) is 32.7 Å². The van der Waals surface area contributed by atoms with Crippen molar-refractivity contribution in [3.63, 3.8) is 0 Å². The van der Waals surface area contributed by atoms with Crippen LogP contribution in [0.4, 0.5) is 0 Å². The topological polar surface area (TPSA) is 49.6 Å². The third-order valence-electron chi connectivity index (χ3n) is 3.40. The predicted molar refractivity (Wildman–Crippen MR) is 66.1 cm³/mol. The molecule has 1 amide bonds. The molecule has 4 heteroatoms. The van der Waals surface area contributed by atoms with Gasteiger partial charge in [0.25, 0.3) is 0 Å². The highest BCUT2D eigenvalue weighted by molar-refractivity contribution is 5.81. The van der Waals surface area contributed by atoms with Crippen molar-refractivity contribution in [3.05, 3.63) is 0 Å². The molecule has 0 aromatic rings. The number of amides is 1. The van der Waals surface area contributed by atoms with E-state index in [1.165, 1.54) is 0 Å². The van der Waals surface area contributed by atoms with E-state index in [1.807, 2.05) is 4.90 Å². The second-order valence-corrected chi connectivity index (χ2v) is 4.71. The zero-order valence-corrected chi connectivity index (χ0v) is 10.8. The maximum Gasteiger partial charge on any atom is 0.239 e. The molecule has 94 valence electrons. The minimum Gasteiger partial charge on any atom is -0.341 e. The van der Waals surface area contributed by atoms with E-state index in [1.54, 1.807) is 6.92 Å². The fraction of sp³-hybridized carbons (Fsp3) is 0.917. The summed E-state index contributed by atoms with van der Waals surface area (Å²) in [5, 5.41) is 0. The lowest BCUT2D eigenvalue weighted by atomic mass is 10.1. The van der Waals surface area contributed by atoms with Crippen molar-refractivity contribution in [2.45, 2.75) is 33.2 Å². The monoisotopic (exact) mass is 227 g/mol. The van der Waals surface area contributed by atoms with Crippen LogP contribution in [0.3, 0.4) is 0 Å². The van der Waals surface area contributed by atoms with Gasteiger partial charge in [0.05, 0.1) is 6.04 Å². The number of hydrogen-bond donors (Lipinski definition) is 1. The minimum atomic E-state index is -0.354. The molecule has 1 aliphatic rings. The van der Waals surface area contributed by atoms with E-state index < -0.39 is 0 Å². The molecule has 0 radical (unpaired) electrons. The summed E-state index contributed by atoms with van der Waals surface area (Å²) in [6.07, 6.45) is 1.12. The number of hydrogen-bond acceptors (Lipinski definition) is 3. The Labute approximate surface area is 98.8 Å². The summed E-state index contributed by atoms with van der Waals surface area (Å²) < 4.78 is 0. The van der Waals surface area contributed by atoms with Crippen LogP contribution in [0.25, 0.3) is 0 Å². The van der Waals surface area contributed by atoms with Crippen molar-refractivity contribution in [2.24, 2.45) is 11.7 Å². The summed E-state index contributed by atoms with van der Waals surface area (Å²) in [5.74, 6) is 0.727. The van der Waals surface area contributed by atoms with Gasteiger partial charge in [-0.2, -0.15) is 0 Å². The Hall–Kier alpha value is -0.610. The maximum absolute atomic E-state index is 11.7. The molecule has 0 spiro atoms. The molecule has 0 aromatic carbocycles. The van der Waals surface area contributed by atoms with Crippen LogP contribution >= 0.6 is 0 Å². The second kappa shape index (κ2) is 6.21. The van der Waals surface area contributed by atoms with E-state index in [2.05, 4.69) is 18.7 Å².